The zero-order valence-electron chi connectivity index (χ0n) is 18.7. The molecular formula is C23H21F5N4O3. The molecule has 2 aromatic rings. The van der Waals surface area contributed by atoms with Gasteiger partial charge in [0.2, 0.25) is 5.88 Å². The molecule has 2 N–H and O–H groups in total. The van der Waals surface area contributed by atoms with E-state index >= 15 is 0 Å². The molecule has 2 heterocycles. The third kappa shape index (κ3) is 6.66. The van der Waals surface area contributed by atoms with Crippen LogP contribution in [0.2, 0.25) is 0 Å². The average Bonchev–Trinajstić information content (AvgIpc) is 2.79. The van der Waals surface area contributed by atoms with E-state index in [1.165, 1.54) is 25.3 Å². The van der Waals surface area contributed by atoms with Gasteiger partial charge >= 0.3 is 6.18 Å². The first-order valence-corrected chi connectivity index (χ1v) is 10.2. The van der Waals surface area contributed by atoms with E-state index in [0.29, 0.717) is 0 Å². The first-order valence-electron chi connectivity index (χ1n) is 10.2. The van der Waals surface area contributed by atoms with Gasteiger partial charge in [-0.05, 0) is 37.6 Å². The van der Waals surface area contributed by atoms with Crippen molar-refractivity contribution < 1.29 is 36.2 Å². The van der Waals surface area contributed by atoms with Gasteiger partial charge < -0.3 is 19.9 Å². The van der Waals surface area contributed by atoms with Crippen molar-refractivity contribution in [2.24, 2.45) is 10.7 Å². The number of alkyl halides is 3. The van der Waals surface area contributed by atoms with Crippen LogP contribution >= 0.6 is 0 Å². The fourth-order valence-electron chi connectivity index (χ4n) is 3.23. The SMILES string of the molecule is CC#CCOc1cnc(/C(F)=C/c2ccc(F)c([C@@]3(C)N=C(N)OCC3OCC(F)(F)F)c2)cn1. The minimum Gasteiger partial charge on any atom is -0.463 e. The van der Waals surface area contributed by atoms with E-state index in [9.17, 15) is 22.0 Å². The Morgan fingerprint density at radius 2 is 2.09 bits per heavy atom. The van der Waals surface area contributed by atoms with Crippen LogP contribution in [-0.2, 0) is 15.0 Å². The van der Waals surface area contributed by atoms with Crippen molar-refractivity contribution in [1.82, 2.24) is 9.97 Å². The highest BCUT2D eigenvalue weighted by molar-refractivity contribution is 5.76. The van der Waals surface area contributed by atoms with Crippen molar-refractivity contribution in [2.75, 3.05) is 19.8 Å². The maximum absolute atomic E-state index is 14.8. The molecule has 0 saturated carbocycles. The number of nitrogens with zero attached hydrogens (tertiary/aromatic N) is 3. The predicted molar refractivity (Wildman–Crippen MR) is 117 cm³/mol. The van der Waals surface area contributed by atoms with Crippen molar-refractivity contribution >= 4 is 17.9 Å². The summed E-state index contributed by atoms with van der Waals surface area (Å²) in [5.41, 5.74) is 3.87. The molecule has 35 heavy (non-hydrogen) atoms. The Balaban J connectivity index is 1.89. The van der Waals surface area contributed by atoms with E-state index in [-0.39, 0.29) is 41.9 Å². The lowest BCUT2D eigenvalue weighted by atomic mass is 9.85. The zero-order chi connectivity index (χ0) is 25.6. The lowest BCUT2D eigenvalue weighted by Gasteiger charge is -2.38. The van der Waals surface area contributed by atoms with Crippen molar-refractivity contribution in [2.45, 2.75) is 31.7 Å². The van der Waals surface area contributed by atoms with Gasteiger partial charge in [-0.2, -0.15) is 13.2 Å². The fourth-order valence-corrected chi connectivity index (χ4v) is 3.23. The summed E-state index contributed by atoms with van der Waals surface area (Å²) in [4.78, 5) is 11.9. The minimum atomic E-state index is -4.62. The molecule has 0 bridgehead atoms. The number of amidine groups is 1. The molecule has 1 aliphatic rings. The van der Waals surface area contributed by atoms with Crippen molar-refractivity contribution in [1.29, 1.82) is 0 Å². The van der Waals surface area contributed by atoms with Crippen LogP contribution in [0.4, 0.5) is 22.0 Å². The fraction of sp³-hybridized carbons (Fsp3) is 0.348. The Morgan fingerprint density at radius 1 is 1.31 bits per heavy atom. The predicted octanol–water partition coefficient (Wildman–Crippen LogP) is 3.99. The van der Waals surface area contributed by atoms with Crippen LogP contribution in [0.5, 0.6) is 5.88 Å². The summed E-state index contributed by atoms with van der Waals surface area (Å²) in [6.07, 6.45) is -2.50. The smallest absolute Gasteiger partial charge is 0.411 e. The summed E-state index contributed by atoms with van der Waals surface area (Å²) in [7, 11) is 0. The van der Waals surface area contributed by atoms with Gasteiger partial charge in [0, 0.05) is 5.56 Å². The number of halogens is 5. The van der Waals surface area contributed by atoms with E-state index in [4.69, 9.17) is 19.9 Å². The third-order valence-electron chi connectivity index (χ3n) is 4.97. The molecule has 186 valence electrons. The molecule has 7 nitrogen and oxygen atoms in total. The number of hydrogen-bond acceptors (Lipinski definition) is 7. The molecule has 1 aromatic heterocycles. The van der Waals surface area contributed by atoms with Gasteiger partial charge in [-0.25, -0.2) is 23.7 Å². The highest BCUT2D eigenvalue weighted by Gasteiger charge is 2.44. The monoisotopic (exact) mass is 496 g/mol. The number of benzene rings is 1. The Bertz CT molecular complexity index is 1170. The molecule has 2 atom stereocenters. The van der Waals surface area contributed by atoms with Crippen LogP contribution in [0, 0.1) is 17.7 Å². The normalized spacial score (nSPS) is 20.4. The molecule has 1 aromatic carbocycles. The number of nitrogens with two attached hydrogens (primary N) is 1. The van der Waals surface area contributed by atoms with Crippen LogP contribution in [0.15, 0.2) is 35.6 Å². The van der Waals surface area contributed by atoms with Crippen LogP contribution in [0.1, 0.15) is 30.7 Å². The number of aromatic nitrogens is 2. The summed E-state index contributed by atoms with van der Waals surface area (Å²) in [5.74, 6) is 3.90. The highest BCUT2D eigenvalue weighted by Crippen LogP contribution is 2.37. The Labute approximate surface area is 197 Å². The molecule has 0 aliphatic carbocycles. The molecule has 0 spiro atoms. The van der Waals surface area contributed by atoms with Gasteiger partial charge in [-0.3, -0.25) is 0 Å². The molecule has 1 unspecified atom stereocenters. The molecule has 0 saturated heterocycles. The summed E-state index contributed by atoms with van der Waals surface area (Å²) in [5, 5.41) is 0. The zero-order valence-corrected chi connectivity index (χ0v) is 18.7. The minimum absolute atomic E-state index is 0.103. The van der Waals surface area contributed by atoms with E-state index in [0.717, 1.165) is 18.3 Å². The van der Waals surface area contributed by atoms with E-state index in [1.807, 2.05) is 0 Å². The van der Waals surface area contributed by atoms with Crippen LogP contribution in [0.25, 0.3) is 11.9 Å². The second kappa shape index (κ2) is 10.7. The Kier molecular flexibility index (Phi) is 7.91. The first kappa shape index (κ1) is 25.9. The second-order valence-corrected chi connectivity index (χ2v) is 7.51. The first-order chi connectivity index (χ1) is 16.5. The molecule has 0 fully saturated rings. The molecule has 12 heteroatoms. The van der Waals surface area contributed by atoms with Crippen molar-refractivity contribution in [3.05, 3.63) is 53.2 Å². The van der Waals surface area contributed by atoms with Gasteiger partial charge in [0.1, 0.15) is 36.4 Å². The summed E-state index contributed by atoms with van der Waals surface area (Å²) < 4.78 is 83.0. The number of aliphatic imine (C=N–C) groups is 1. The Hall–Kier alpha value is -3.72. The molecule has 1 aliphatic heterocycles. The molecule has 0 amide bonds. The highest BCUT2D eigenvalue weighted by atomic mass is 19.4. The standard InChI is InChI=1S/C23H21F5N4O3/c1-3-4-7-33-20-11-30-18(10-31-20)17(25)9-14-5-6-16(24)15(8-14)22(2)19(12-34-21(29)32-22)35-13-23(26,27)28/h5-6,8-11,19H,7,12-13H2,1-2H3,(H2,29,32)/b17-9-/t19?,22-/m1/s1. The number of rotatable bonds is 7. The molecule has 3 rings (SSSR count). The van der Waals surface area contributed by atoms with Gasteiger partial charge in [-0.1, -0.05) is 12.0 Å². The van der Waals surface area contributed by atoms with Gasteiger partial charge in [0.25, 0.3) is 6.02 Å². The maximum Gasteiger partial charge on any atom is 0.411 e. The largest absolute Gasteiger partial charge is 0.463 e. The number of ether oxygens (including phenoxy) is 3. The van der Waals surface area contributed by atoms with Gasteiger partial charge in [0.15, 0.2) is 12.4 Å². The topological polar surface area (TPSA) is 91.9 Å². The van der Waals surface area contributed by atoms with E-state index < -0.39 is 36.1 Å². The van der Waals surface area contributed by atoms with Gasteiger partial charge in [-0.15, -0.1) is 5.92 Å². The third-order valence-corrected chi connectivity index (χ3v) is 4.97. The van der Waals surface area contributed by atoms with Crippen LogP contribution in [0.3, 0.4) is 0 Å². The molecular weight excluding hydrogens is 475 g/mol. The summed E-state index contributed by atoms with van der Waals surface area (Å²) in [6.45, 7) is 1.14. The van der Waals surface area contributed by atoms with E-state index in [2.05, 4.69) is 26.8 Å². The quantitative estimate of drug-likeness (QED) is 0.461. The lowest BCUT2D eigenvalue weighted by molar-refractivity contribution is -0.197. The second-order valence-electron chi connectivity index (χ2n) is 7.51. The number of hydrogen-bond donors (Lipinski definition) is 1. The van der Waals surface area contributed by atoms with Crippen molar-refractivity contribution in [3.63, 3.8) is 0 Å². The van der Waals surface area contributed by atoms with Gasteiger partial charge in [0.05, 0.1) is 12.4 Å². The maximum atomic E-state index is 14.8. The summed E-state index contributed by atoms with van der Waals surface area (Å²) in [6, 6.07) is 3.23. The molecule has 0 radical (unpaired) electrons. The lowest BCUT2D eigenvalue weighted by Crippen LogP contribution is -2.48. The van der Waals surface area contributed by atoms with Crippen molar-refractivity contribution in [3.8, 4) is 17.7 Å². The summed E-state index contributed by atoms with van der Waals surface area (Å²) >= 11 is 0. The Morgan fingerprint density at radius 3 is 2.74 bits per heavy atom. The average molecular weight is 496 g/mol. The van der Waals surface area contributed by atoms with Crippen LogP contribution in [-0.4, -0.2) is 48.1 Å². The van der Waals surface area contributed by atoms with Crippen LogP contribution < -0.4 is 10.5 Å². The van der Waals surface area contributed by atoms with E-state index in [1.54, 1.807) is 6.92 Å².